The number of cyclic esters (lactones) is 1. The van der Waals surface area contributed by atoms with E-state index in [9.17, 15) is 24.6 Å². The summed E-state index contributed by atoms with van der Waals surface area (Å²) in [7, 11) is 0. The van der Waals surface area contributed by atoms with Gasteiger partial charge in [-0.1, -0.05) is 40.5 Å². The fraction of sp³-hybridized carbons (Fsp3) is 0.724. The number of hydrogen-bond donors (Lipinski definition) is 4. The molecule has 39 heavy (non-hydrogen) atoms. The Balaban J connectivity index is 2.40. The third-order valence-corrected chi connectivity index (χ3v) is 8.56. The van der Waals surface area contributed by atoms with Crippen LogP contribution in [0.2, 0.25) is 0 Å². The molecule has 1 aromatic rings. The molecule has 2 heterocycles. The summed E-state index contributed by atoms with van der Waals surface area (Å²) in [5.74, 6) is -1.74. The van der Waals surface area contributed by atoms with Crippen LogP contribution in [0.3, 0.4) is 0 Å². The summed E-state index contributed by atoms with van der Waals surface area (Å²) in [5, 5.41) is 30.5. The van der Waals surface area contributed by atoms with Gasteiger partial charge < -0.3 is 25.6 Å². The molecule has 1 fully saturated rings. The zero-order chi connectivity index (χ0) is 29.3. The highest BCUT2D eigenvalue weighted by molar-refractivity contribution is 7.09. The van der Waals surface area contributed by atoms with Gasteiger partial charge >= 0.3 is 12.0 Å². The maximum absolute atomic E-state index is 13.3. The minimum Gasteiger partial charge on any atom is -0.458 e. The average molecular weight is 566 g/mol. The van der Waals surface area contributed by atoms with E-state index in [1.165, 1.54) is 11.3 Å². The number of ether oxygens (including phenoxy) is 1. The van der Waals surface area contributed by atoms with Gasteiger partial charge in [0, 0.05) is 30.3 Å². The molecule has 1 saturated heterocycles. The van der Waals surface area contributed by atoms with Gasteiger partial charge in [-0.05, 0) is 51.2 Å². The van der Waals surface area contributed by atoms with Crippen LogP contribution in [0, 0.1) is 24.2 Å². The number of carbonyl (C=O) groups is 3. The second kappa shape index (κ2) is 14.9. The summed E-state index contributed by atoms with van der Waals surface area (Å²) < 4.78 is 5.90. The quantitative estimate of drug-likeness (QED) is 0.397. The second-order valence-corrected chi connectivity index (χ2v) is 12.5. The minimum atomic E-state index is -1.29. The number of aryl methyl sites for hydroxylation is 1. The number of aromatic nitrogens is 1. The molecule has 2 rings (SSSR count). The van der Waals surface area contributed by atoms with Crippen LogP contribution < -0.4 is 10.6 Å². The van der Waals surface area contributed by atoms with Crippen molar-refractivity contribution >= 4 is 35.2 Å². The summed E-state index contributed by atoms with van der Waals surface area (Å²) in [6.07, 6.45) is 2.00. The van der Waals surface area contributed by atoms with E-state index in [4.69, 9.17) is 4.74 Å². The van der Waals surface area contributed by atoms with Crippen molar-refractivity contribution in [2.45, 2.75) is 111 Å². The molecule has 10 heteroatoms. The van der Waals surface area contributed by atoms with Gasteiger partial charge in [0.2, 0.25) is 0 Å². The summed E-state index contributed by atoms with van der Waals surface area (Å²) in [6.45, 7) is 12.9. The van der Waals surface area contributed by atoms with E-state index >= 15 is 0 Å². The Morgan fingerprint density at radius 3 is 2.51 bits per heavy atom. The largest absolute Gasteiger partial charge is 0.458 e. The van der Waals surface area contributed by atoms with Crippen molar-refractivity contribution in [3.63, 3.8) is 0 Å². The molecule has 2 unspecified atom stereocenters. The number of nitrogens with one attached hydrogen (secondary N) is 2. The van der Waals surface area contributed by atoms with Crippen LogP contribution >= 0.6 is 11.3 Å². The summed E-state index contributed by atoms with van der Waals surface area (Å²) in [4.78, 5) is 43.3. The van der Waals surface area contributed by atoms with Crippen molar-refractivity contribution in [3.8, 4) is 0 Å². The van der Waals surface area contributed by atoms with Crippen molar-refractivity contribution in [2.75, 3.05) is 6.54 Å². The number of ketones is 1. The number of rotatable bonds is 4. The third kappa shape index (κ3) is 9.69. The van der Waals surface area contributed by atoms with Crippen molar-refractivity contribution in [1.82, 2.24) is 15.6 Å². The predicted molar refractivity (Wildman–Crippen MR) is 153 cm³/mol. The fourth-order valence-electron chi connectivity index (χ4n) is 5.05. The molecule has 220 valence electrons. The number of nitrogens with zero attached hydrogens (tertiary/aromatic N) is 1. The van der Waals surface area contributed by atoms with Gasteiger partial charge in [-0.25, -0.2) is 9.78 Å². The van der Waals surface area contributed by atoms with Crippen molar-refractivity contribution in [1.29, 1.82) is 0 Å². The van der Waals surface area contributed by atoms with Gasteiger partial charge in [-0.2, -0.15) is 0 Å². The molecule has 0 bridgehead atoms. The van der Waals surface area contributed by atoms with E-state index in [0.717, 1.165) is 35.5 Å². The number of thiazole rings is 1. The van der Waals surface area contributed by atoms with Crippen LogP contribution in [0.1, 0.15) is 90.8 Å². The lowest BCUT2D eigenvalue weighted by Crippen LogP contribution is -2.46. The molecule has 1 aromatic heterocycles. The Hall–Kier alpha value is -2.30. The normalized spacial score (nSPS) is 29.9. The summed E-state index contributed by atoms with van der Waals surface area (Å²) >= 11 is 1.52. The molecule has 4 N–H and O–H groups in total. The zero-order valence-electron chi connectivity index (χ0n) is 24.5. The SMILES string of the molecule is CCNC(=O)NC1CCCC[C@H](C)[C@H](O)[C@@H](C)C(=O)C(C)(C)C(O)CC(=O)O[C@H](/C(C)=C/c2csc(C)n2)C1. The van der Waals surface area contributed by atoms with E-state index in [1.54, 1.807) is 20.8 Å². The smallest absolute Gasteiger partial charge is 0.314 e. The van der Waals surface area contributed by atoms with E-state index < -0.39 is 35.6 Å². The molecule has 9 nitrogen and oxygen atoms in total. The molecule has 0 aromatic carbocycles. The lowest BCUT2D eigenvalue weighted by molar-refractivity contribution is -0.154. The standard InChI is InChI=1S/C29H47N3O6S/c1-8-30-28(37)32-21-12-10-9-11-17(2)26(35)19(4)27(36)29(6,7)24(33)15-25(34)38-23(14-21)18(3)13-22-16-39-20(5)31-22/h13,16-17,19,21,23-24,26,33,35H,8-12,14-15H2,1-7H3,(H2,30,32,37)/b18-13+/t17-,19+,21?,23-,24?,26-/m0/s1. The monoisotopic (exact) mass is 565 g/mol. The first-order valence-electron chi connectivity index (χ1n) is 14.0. The van der Waals surface area contributed by atoms with Crippen LogP contribution in [0.4, 0.5) is 4.79 Å². The first-order valence-corrected chi connectivity index (χ1v) is 14.9. The number of aliphatic hydroxyl groups is 2. The number of carbonyl (C=O) groups excluding carboxylic acids is 3. The van der Waals surface area contributed by atoms with E-state index in [1.807, 2.05) is 39.2 Å². The molecule has 2 amide bonds. The van der Waals surface area contributed by atoms with Crippen LogP contribution in [0.15, 0.2) is 11.0 Å². The van der Waals surface area contributed by atoms with Gasteiger partial charge in [0.15, 0.2) is 0 Å². The minimum absolute atomic E-state index is 0.121. The van der Waals surface area contributed by atoms with Gasteiger partial charge in [0.25, 0.3) is 0 Å². The Kier molecular flexibility index (Phi) is 12.6. The maximum atomic E-state index is 13.3. The number of amides is 2. The van der Waals surface area contributed by atoms with Gasteiger partial charge in [-0.3, -0.25) is 9.59 Å². The number of aliphatic hydroxyl groups excluding tert-OH is 2. The summed E-state index contributed by atoms with van der Waals surface area (Å²) in [5.41, 5.74) is 0.282. The van der Waals surface area contributed by atoms with Crippen LogP contribution in [0.25, 0.3) is 6.08 Å². The number of urea groups is 1. The highest BCUT2D eigenvalue weighted by Crippen LogP contribution is 2.32. The number of hydrogen-bond acceptors (Lipinski definition) is 8. The molecule has 1 aliphatic rings. The molecule has 0 saturated carbocycles. The average Bonchev–Trinajstić information content (AvgIpc) is 3.27. The Labute approximate surface area is 236 Å². The lowest BCUT2D eigenvalue weighted by atomic mass is 9.73. The second-order valence-electron chi connectivity index (χ2n) is 11.4. The Morgan fingerprint density at radius 2 is 1.90 bits per heavy atom. The molecule has 1 aliphatic heterocycles. The van der Waals surface area contributed by atoms with Gasteiger partial charge in [0.05, 0.1) is 34.7 Å². The van der Waals surface area contributed by atoms with Gasteiger partial charge in [0.1, 0.15) is 11.9 Å². The molecule has 0 radical (unpaired) electrons. The molecule has 0 spiro atoms. The zero-order valence-corrected chi connectivity index (χ0v) is 25.3. The Bertz CT molecular complexity index is 1010. The number of Topliss-reactive ketones (excluding diaryl/α,β-unsaturated/α-hetero) is 1. The molecule has 0 aliphatic carbocycles. The first-order chi connectivity index (χ1) is 18.3. The molecular formula is C29H47N3O6S. The number of esters is 1. The summed E-state index contributed by atoms with van der Waals surface area (Å²) in [6, 6.07) is -0.558. The molecule has 6 atom stereocenters. The highest BCUT2D eigenvalue weighted by atomic mass is 32.1. The predicted octanol–water partition coefficient (Wildman–Crippen LogP) is 4.40. The maximum Gasteiger partial charge on any atom is 0.314 e. The van der Waals surface area contributed by atoms with E-state index in [-0.39, 0.29) is 30.2 Å². The fourth-order valence-corrected chi connectivity index (χ4v) is 5.62. The third-order valence-electron chi connectivity index (χ3n) is 7.76. The highest BCUT2D eigenvalue weighted by Gasteiger charge is 2.42. The van der Waals surface area contributed by atoms with Crippen molar-refractivity contribution < 1.29 is 29.3 Å². The lowest BCUT2D eigenvalue weighted by Gasteiger charge is -2.34. The first kappa shape index (κ1) is 32.9. The van der Waals surface area contributed by atoms with Crippen LogP contribution in [-0.4, -0.2) is 63.9 Å². The van der Waals surface area contributed by atoms with Crippen LogP contribution in [0.5, 0.6) is 0 Å². The van der Waals surface area contributed by atoms with E-state index in [0.29, 0.717) is 19.4 Å². The van der Waals surface area contributed by atoms with Crippen molar-refractivity contribution in [3.05, 3.63) is 21.7 Å². The topological polar surface area (TPSA) is 138 Å². The van der Waals surface area contributed by atoms with Crippen LogP contribution in [-0.2, 0) is 14.3 Å². The Morgan fingerprint density at radius 1 is 1.23 bits per heavy atom. The van der Waals surface area contributed by atoms with Crippen molar-refractivity contribution in [2.24, 2.45) is 17.3 Å². The molecular weight excluding hydrogens is 518 g/mol. The van der Waals surface area contributed by atoms with Gasteiger partial charge in [-0.15, -0.1) is 11.3 Å². The van der Waals surface area contributed by atoms with E-state index in [2.05, 4.69) is 15.6 Å².